The predicted molar refractivity (Wildman–Crippen MR) is 77.9 cm³/mol. The minimum Gasteiger partial charge on any atom is -0.490 e. The van der Waals surface area contributed by atoms with E-state index in [1.807, 2.05) is 30.3 Å². The molecule has 0 amide bonds. The molecule has 1 aromatic rings. The summed E-state index contributed by atoms with van der Waals surface area (Å²) in [5.41, 5.74) is 0. The van der Waals surface area contributed by atoms with E-state index in [-0.39, 0.29) is 21.1 Å². The quantitative estimate of drug-likeness (QED) is 0.449. The van der Waals surface area contributed by atoms with Gasteiger partial charge in [0.05, 0.1) is 0 Å². The Labute approximate surface area is 133 Å². The van der Waals surface area contributed by atoms with E-state index in [2.05, 4.69) is 6.92 Å². The molecule has 2 nitrogen and oxygen atoms in total. The van der Waals surface area contributed by atoms with Crippen molar-refractivity contribution in [1.29, 1.82) is 0 Å². The third kappa shape index (κ3) is 8.96. The third-order valence-corrected chi connectivity index (χ3v) is 3.35. The van der Waals surface area contributed by atoms with Gasteiger partial charge in [-0.25, -0.2) is 0 Å². The van der Waals surface area contributed by atoms with Gasteiger partial charge < -0.3 is 9.47 Å². The van der Waals surface area contributed by atoms with E-state index in [4.69, 9.17) is 21.7 Å². The number of thiocarbonyl (C=S) groups is 1. The number of thioether (sulfide) groups is 1. The second kappa shape index (κ2) is 12.0. The Bertz CT molecular complexity index is 320. The Morgan fingerprint density at radius 3 is 2.61 bits per heavy atom. The van der Waals surface area contributed by atoms with Crippen molar-refractivity contribution < 1.29 is 30.5 Å². The van der Waals surface area contributed by atoms with E-state index in [1.165, 1.54) is 12.8 Å². The smallest absolute Gasteiger partial charge is 0.220 e. The zero-order valence-corrected chi connectivity index (χ0v) is 14.3. The molecule has 0 atom stereocenters. The molecule has 0 aliphatic carbocycles. The van der Waals surface area contributed by atoms with Crippen LogP contribution in [0.4, 0.5) is 0 Å². The first-order valence-electron chi connectivity index (χ1n) is 5.80. The molecule has 1 aromatic carbocycles. The van der Waals surface area contributed by atoms with Crippen molar-refractivity contribution in [1.82, 2.24) is 0 Å². The first-order valence-corrected chi connectivity index (χ1v) is 7.19. The van der Waals surface area contributed by atoms with E-state index in [0.29, 0.717) is 17.6 Å². The minimum absolute atomic E-state index is 0. The molecular formula is C13H18O2PtS2. The van der Waals surface area contributed by atoms with Crippen LogP contribution in [0.1, 0.15) is 19.8 Å². The van der Waals surface area contributed by atoms with Crippen LogP contribution >= 0.6 is 24.0 Å². The molecule has 0 unspecified atom stereocenters. The first kappa shape index (κ1) is 17.9. The van der Waals surface area contributed by atoms with Gasteiger partial charge in [-0.3, -0.25) is 0 Å². The summed E-state index contributed by atoms with van der Waals surface area (Å²) < 4.78 is 11.5. The van der Waals surface area contributed by atoms with Gasteiger partial charge in [-0.2, -0.15) is 0 Å². The Hall–Kier alpha value is -0.0517. The maximum Gasteiger partial charge on any atom is 0.220 e. The second-order valence-corrected chi connectivity index (χ2v) is 5.16. The molecule has 104 valence electrons. The zero-order valence-electron chi connectivity index (χ0n) is 10.4. The van der Waals surface area contributed by atoms with Crippen LogP contribution in [0.15, 0.2) is 30.3 Å². The van der Waals surface area contributed by atoms with Crippen LogP contribution in [-0.2, 0) is 25.8 Å². The molecule has 0 aromatic heterocycles. The van der Waals surface area contributed by atoms with Gasteiger partial charge in [0.15, 0.2) is 0 Å². The van der Waals surface area contributed by atoms with Gasteiger partial charge in [0, 0.05) is 26.8 Å². The van der Waals surface area contributed by atoms with Crippen LogP contribution in [-0.4, -0.2) is 23.3 Å². The third-order valence-electron chi connectivity index (χ3n) is 2.03. The van der Waals surface area contributed by atoms with Crippen LogP contribution in [0.2, 0.25) is 0 Å². The van der Waals surface area contributed by atoms with Gasteiger partial charge in [-0.15, -0.1) is 0 Å². The number of para-hydroxylation sites is 1. The number of hydrogen-bond acceptors (Lipinski definition) is 4. The molecule has 0 saturated carbocycles. The molecule has 0 radical (unpaired) electrons. The summed E-state index contributed by atoms with van der Waals surface area (Å²) in [5.74, 6) is 1.90. The molecule has 1 rings (SSSR count). The summed E-state index contributed by atoms with van der Waals surface area (Å²) in [4.78, 5) is 0. The summed E-state index contributed by atoms with van der Waals surface area (Å²) in [6.07, 6.45) is 2.36. The number of hydrogen-bond donors (Lipinski definition) is 0. The molecule has 0 aliphatic rings. The van der Waals surface area contributed by atoms with Crippen LogP contribution < -0.4 is 4.74 Å². The molecule has 0 aliphatic heterocycles. The maximum absolute atomic E-state index is 5.49. The standard InChI is InChI=1S/C13H18O2S2.Pt/c1-2-3-11-17-13(16)15-10-9-14-12-7-5-4-6-8-12;/h4-8H,2-3,9-11H2,1H3;. The van der Waals surface area contributed by atoms with Gasteiger partial charge in [-0.05, 0) is 30.8 Å². The number of ether oxygens (including phenoxy) is 2. The molecular weight excluding hydrogens is 447 g/mol. The zero-order chi connectivity index (χ0) is 12.3. The van der Waals surface area contributed by atoms with Gasteiger partial charge in [0.25, 0.3) is 0 Å². The van der Waals surface area contributed by atoms with Gasteiger partial charge in [0.2, 0.25) is 4.38 Å². The minimum atomic E-state index is 0. The van der Waals surface area contributed by atoms with Crippen LogP contribution in [0, 0.1) is 0 Å². The van der Waals surface area contributed by atoms with Crippen molar-refractivity contribution in [3.8, 4) is 5.75 Å². The largest absolute Gasteiger partial charge is 0.490 e. The van der Waals surface area contributed by atoms with Crippen molar-refractivity contribution in [3.05, 3.63) is 30.3 Å². The summed E-state index contributed by atoms with van der Waals surface area (Å²) in [5, 5.41) is 0. The monoisotopic (exact) mass is 465 g/mol. The molecule has 0 saturated heterocycles. The topological polar surface area (TPSA) is 18.5 Å². The van der Waals surface area contributed by atoms with Crippen molar-refractivity contribution in [2.45, 2.75) is 19.8 Å². The summed E-state index contributed by atoms with van der Waals surface area (Å²) in [7, 11) is 0. The molecule has 0 heterocycles. The van der Waals surface area contributed by atoms with Crippen molar-refractivity contribution >= 4 is 28.4 Å². The molecule has 18 heavy (non-hydrogen) atoms. The first-order chi connectivity index (χ1) is 8.33. The van der Waals surface area contributed by atoms with E-state index >= 15 is 0 Å². The fourth-order valence-electron chi connectivity index (χ4n) is 1.14. The fourth-order valence-corrected chi connectivity index (χ4v) is 2.24. The van der Waals surface area contributed by atoms with E-state index in [1.54, 1.807) is 11.8 Å². The fraction of sp³-hybridized carbons (Fsp3) is 0.462. The van der Waals surface area contributed by atoms with Gasteiger partial charge in [0.1, 0.15) is 19.0 Å². The Balaban J connectivity index is 0.00000289. The summed E-state index contributed by atoms with van der Waals surface area (Å²) in [6.45, 7) is 3.20. The van der Waals surface area contributed by atoms with Crippen molar-refractivity contribution in [2.24, 2.45) is 0 Å². The Morgan fingerprint density at radius 2 is 1.94 bits per heavy atom. The second-order valence-electron chi connectivity index (χ2n) is 3.46. The Kier molecular flexibility index (Phi) is 12.0. The summed E-state index contributed by atoms with van der Waals surface area (Å²) >= 11 is 6.68. The van der Waals surface area contributed by atoms with Gasteiger partial charge in [-0.1, -0.05) is 43.3 Å². The average Bonchev–Trinajstić information content (AvgIpc) is 2.36. The molecule has 0 bridgehead atoms. The average molecular weight is 465 g/mol. The van der Waals surface area contributed by atoms with Crippen molar-refractivity contribution in [3.63, 3.8) is 0 Å². The molecule has 0 spiro atoms. The molecule has 0 N–H and O–H groups in total. The number of rotatable bonds is 7. The van der Waals surface area contributed by atoms with Crippen LogP contribution in [0.25, 0.3) is 0 Å². The summed E-state index contributed by atoms with van der Waals surface area (Å²) in [6, 6.07) is 9.70. The van der Waals surface area contributed by atoms with E-state index < -0.39 is 0 Å². The van der Waals surface area contributed by atoms with Crippen LogP contribution in [0.3, 0.4) is 0 Å². The molecule has 0 fully saturated rings. The van der Waals surface area contributed by atoms with Crippen LogP contribution in [0.5, 0.6) is 5.75 Å². The number of benzene rings is 1. The van der Waals surface area contributed by atoms with E-state index in [0.717, 1.165) is 11.5 Å². The van der Waals surface area contributed by atoms with Gasteiger partial charge >= 0.3 is 0 Å². The van der Waals surface area contributed by atoms with Crippen molar-refractivity contribution in [2.75, 3.05) is 19.0 Å². The maximum atomic E-state index is 5.49. The predicted octanol–water partition coefficient (Wildman–Crippen LogP) is 3.90. The molecule has 5 heteroatoms. The SMILES string of the molecule is CCCCSC(=S)OCCOc1ccccc1.[Pt]. The Morgan fingerprint density at radius 1 is 1.22 bits per heavy atom. The van der Waals surface area contributed by atoms with E-state index in [9.17, 15) is 0 Å². The number of unbranched alkanes of at least 4 members (excludes halogenated alkanes) is 1. The normalized spacial score (nSPS) is 9.39.